The molecule has 1 amide bonds. The van der Waals surface area contributed by atoms with Crippen molar-refractivity contribution in [1.82, 2.24) is 15.3 Å². The molecule has 0 unspecified atom stereocenters. The van der Waals surface area contributed by atoms with Gasteiger partial charge in [0.05, 0.1) is 0 Å². The summed E-state index contributed by atoms with van der Waals surface area (Å²) in [5.74, 6) is -2.05. The van der Waals surface area contributed by atoms with Gasteiger partial charge in [0.15, 0.2) is 0 Å². The molecule has 0 saturated heterocycles. The first-order chi connectivity index (χ1) is 15.1. The van der Waals surface area contributed by atoms with Crippen molar-refractivity contribution in [1.29, 1.82) is 0 Å². The Labute approximate surface area is 186 Å². The number of halogens is 5. The third-order valence-corrected chi connectivity index (χ3v) is 12.8. The van der Waals surface area contributed by atoms with Crippen molar-refractivity contribution in [3.63, 3.8) is 0 Å². The van der Waals surface area contributed by atoms with E-state index in [4.69, 9.17) is 11.6 Å². The van der Waals surface area contributed by atoms with Gasteiger partial charge in [-0.15, -0.1) is 0 Å². The molecule has 3 aromatic rings. The van der Waals surface area contributed by atoms with Gasteiger partial charge in [-0.3, -0.25) is 0 Å². The van der Waals surface area contributed by atoms with Crippen molar-refractivity contribution < 1.29 is 32.3 Å². The second-order valence-electron chi connectivity index (χ2n) is 6.66. The number of carboxylic acid groups (broad SMARTS) is 1. The van der Waals surface area contributed by atoms with E-state index in [0.29, 0.717) is 5.56 Å². The van der Waals surface area contributed by atoms with Gasteiger partial charge >= 0.3 is 187 Å². The van der Waals surface area contributed by atoms with Crippen LogP contribution in [0.15, 0.2) is 60.9 Å². The van der Waals surface area contributed by atoms with Gasteiger partial charge in [-0.1, -0.05) is 0 Å². The number of carbonyl (C=O) groups excluding carboxylic acids is 1. The molecular formula is C20H15AsClF4N3O3. The molecule has 2 aromatic carbocycles. The normalized spacial score (nSPS) is 12.3. The first kappa shape index (κ1) is 23.7. The van der Waals surface area contributed by atoms with Crippen LogP contribution in [0.1, 0.15) is 15.9 Å². The van der Waals surface area contributed by atoms with Crippen LogP contribution in [-0.4, -0.2) is 44.3 Å². The molecule has 0 aliphatic heterocycles. The summed E-state index contributed by atoms with van der Waals surface area (Å²) in [6, 6.07) is 8.85. The Bertz CT molecular complexity index is 1150. The predicted molar refractivity (Wildman–Crippen MR) is 112 cm³/mol. The number of nitrogens with one attached hydrogen (secondary N) is 1. The quantitative estimate of drug-likeness (QED) is 0.377. The molecule has 0 radical (unpaired) electrons. The second-order valence-corrected chi connectivity index (χ2v) is 14.5. The predicted octanol–water partition coefficient (Wildman–Crippen LogP) is 2.86. The van der Waals surface area contributed by atoms with Gasteiger partial charge in [0.1, 0.15) is 0 Å². The SMILES string of the molecule is O=C(O)c1cc(Cl)cc([AsH](C(=O)NCc2ccc(F)cc2)(c2ncccn2)C(F)(F)F)c1. The Morgan fingerprint density at radius 2 is 1.69 bits per heavy atom. The van der Waals surface area contributed by atoms with Crippen LogP contribution in [0.3, 0.4) is 0 Å². The first-order valence-corrected chi connectivity index (χ1v) is 13.5. The van der Waals surface area contributed by atoms with Crippen molar-refractivity contribution in [2.24, 2.45) is 0 Å². The molecule has 1 heterocycles. The van der Waals surface area contributed by atoms with Gasteiger partial charge in [-0.05, 0) is 0 Å². The van der Waals surface area contributed by atoms with Crippen LogP contribution in [0.25, 0.3) is 0 Å². The standard InChI is InChI=1S/C20H15AsClF4N3O3/c22-15-9-13(17(30)31)8-14(10-15)21(20(24,25)26,18-27-6-1-7-28-18)19(32)29-11-12-2-4-16(23)5-3-12/h1-10,21H,11H2,(H,29,32)(H,30,31). The molecule has 32 heavy (non-hydrogen) atoms. The fourth-order valence-corrected chi connectivity index (χ4v) is 10.3. The van der Waals surface area contributed by atoms with Gasteiger partial charge in [0.25, 0.3) is 0 Å². The number of aromatic nitrogens is 2. The first-order valence-electron chi connectivity index (χ1n) is 8.97. The van der Waals surface area contributed by atoms with Crippen molar-refractivity contribution in [2.45, 2.75) is 11.5 Å². The minimum absolute atomic E-state index is 0.276. The molecule has 1 aromatic heterocycles. The number of carbonyl (C=O) groups is 2. The Kier molecular flexibility index (Phi) is 6.85. The Morgan fingerprint density at radius 3 is 2.25 bits per heavy atom. The topological polar surface area (TPSA) is 92.2 Å². The Morgan fingerprint density at radius 1 is 1.06 bits per heavy atom. The van der Waals surface area contributed by atoms with E-state index in [1.54, 1.807) is 0 Å². The van der Waals surface area contributed by atoms with Crippen molar-refractivity contribution in [2.75, 3.05) is 0 Å². The summed E-state index contributed by atoms with van der Waals surface area (Å²) in [6.45, 7) is -0.318. The van der Waals surface area contributed by atoms with E-state index in [1.807, 2.05) is 0 Å². The van der Waals surface area contributed by atoms with E-state index in [2.05, 4.69) is 15.3 Å². The van der Waals surface area contributed by atoms with Crippen LogP contribution in [0, 0.1) is 5.82 Å². The molecule has 0 saturated carbocycles. The summed E-state index contributed by atoms with van der Waals surface area (Å²) in [6.07, 6.45) is 2.15. The van der Waals surface area contributed by atoms with Crippen LogP contribution >= 0.6 is 11.6 Å². The number of benzene rings is 2. The molecule has 0 aliphatic carbocycles. The van der Waals surface area contributed by atoms with Crippen LogP contribution in [0.5, 0.6) is 0 Å². The zero-order chi connectivity index (χ0) is 23.5. The number of alkyl halides is 3. The third kappa shape index (κ3) is 4.61. The van der Waals surface area contributed by atoms with E-state index < -0.39 is 49.5 Å². The van der Waals surface area contributed by atoms with Crippen LogP contribution in [0.4, 0.5) is 22.4 Å². The second kappa shape index (κ2) is 9.26. The summed E-state index contributed by atoms with van der Waals surface area (Å²) < 4.78 is 54.7. The fraction of sp³-hybridized carbons (Fsp3) is 0.100. The van der Waals surface area contributed by atoms with Crippen molar-refractivity contribution in [3.8, 4) is 0 Å². The maximum atomic E-state index is 14.7. The minimum atomic E-state index is -6.24. The molecular weight excluding hydrogens is 517 g/mol. The average molecular weight is 532 g/mol. The molecule has 12 heteroatoms. The van der Waals surface area contributed by atoms with Gasteiger partial charge in [0, 0.05) is 0 Å². The zero-order valence-corrected chi connectivity index (χ0v) is 18.9. The third-order valence-electron chi connectivity index (χ3n) is 4.61. The number of carboxylic acids is 1. The summed E-state index contributed by atoms with van der Waals surface area (Å²) in [4.78, 5) is 27.1. The number of rotatable bonds is 6. The van der Waals surface area contributed by atoms with Crippen molar-refractivity contribution in [3.05, 3.63) is 82.9 Å². The number of hydrogen-bond donors (Lipinski definition) is 2. The van der Waals surface area contributed by atoms with Gasteiger partial charge in [-0.25, -0.2) is 0 Å². The molecule has 0 aliphatic rings. The van der Waals surface area contributed by atoms with Crippen LogP contribution < -0.4 is 14.3 Å². The monoisotopic (exact) mass is 531 g/mol. The van der Waals surface area contributed by atoms with Gasteiger partial charge < -0.3 is 0 Å². The molecule has 168 valence electrons. The van der Waals surface area contributed by atoms with Crippen molar-refractivity contribution >= 4 is 44.8 Å². The number of nitrogens with zero attached hydrogens (tertiary/aromatic N) is 2. The molecule has 0 fully saturated rings. The van der Waals surface area contributed by atoms with Gasteiger partial charge in [-0.2, -0.15) is 0 Å². The molecule has 3 rings (SSSR count). The van der Waals surface area contributed by atoms with E-state index in [0.717, 1.165) is 42.7 Å². The summed E-state index contributed by atoms with van der Waals surface area (Å²) in [5.41, 5.74) is -0.140. The number of aromatic carboxylic acids is 1. The summed E-state index contributed by atoms with van der Waals surface area (Å²) in [7, 11) is 0. The number of hydrogen-bond acceptors (Lipinski definition) is 4. The molecule has 2 N–H and O–H groups in total. The zero-order valence-electron chi connectivity index (χ0n) is 16.0. The maximum absolute atomic E-state index is 14.7. The molecule has 0 spiro atoms. The van der Waals surface area contributed by atoms with E-state index in [-0.39, 0.29) is 11.6 Å². The summed E-state index contributed by atoms with van der Waals surface area (Å²) in [5, 5.41) is 11.3. The van der Waals surface area contributed by atoms with Crippen LogP contribution in [0.2, 0.25) is 5.02 Å². The molecule has 0 atom stereocenters. The Balaban J connectivity index is 2.19. The molecule has 0 bridgehead atoms. The van der Waals surface area contributed by atoms with Gasteiger partial charge in [0.2, 0.25) is 0 Å². The summed E-state index contributed by atoms with van der Waals surface area (Å²) >= 11 is -0.317. The fourth-order valence-electron chi connectivity index (χ4n) is 3.12. The van der Waals surface area contributed by atoms with E-state index in [1.165, 1.54) is 18.2 Å². The van der Waals surface area contributed by atoms with E-state index >= 15 is 0 Å². The molecule has 6 nitrogen and oxygen atoms in total. The van der Waals surface area contributed by atoms with Crippen LogP contribution in [-0.2, 0) is 6.54 Å². The number of amides is 1. The van der Waals surface area contributed by atoms with E-state index in [9.17, 15) is 32.3 Å². The average Bonchev–Trinajstić information content (AvgIpc) is 2.73. The Hall–Kier alpha value is -2.97.